The Morgan fingerprint density at radius 3 is 2.20 bits per heavy atom. The Morgan fingerprint density at radius 1 is 1.27 bits per heavy atom. The lowest BCUT2D eigenvalue weighted by Crippen LogP contribution is -2.30. The van der Waals surface area contributed by atoms with E-state index < -0.39 is 23.3 Å². The molecule has 0 aromatic heterocycles. The second-order valence-corrected chi connectivity index (χ2v) is 4.20. The van der Waals surface area contributed by atoms with E-state index in [4.69, 9.17) is 5.73 Å². The van der Waals surface area contributed by atoms with Crippen LogP contribution in [0.5, 0.6) is 0 Å². The number of alkyl halides is 1. The van der Waals surface area contributed by atoms with E-state index in [0.29, 0.717) is 0 Å². The number of benzene rings is 1. The first-order valence-corrected chi connectivity index (χ1v) is 4.66. The summed E-state index contributed by atoms with van der Waals surface area (Å²) in [5, 5.41) is 0. The van der Waals surface area contributed by atoms with Gasteiger partial charge in [-0.15, -0.1) is 0 Å². The Labute approximate surface area is 87.1 Å². The van der Waals surface area contributed by atoms with Gasteiger partial charge in [0, 0.05) is 11.1 Å². The van der Waals surface area contributed by atoms with Crippen molar-refractivity contribution in [3.05, 3.63) is 34.9 Å². The van der Waals surface area contributed by atoms with E-state index >= 15 is 0 Å². The molecular weight excluding hydrogens is 203 g/mol. The van der Waals surface area contributed by atoms with Crippen molar-refractivity contribution < 1.29 is 13.2 Å². The Kier molecular flexibility index (Phi) is 3.09. The smallest absolute Gasteiger partial charge is 0.163 e. The molecule has 0 aliphatic carbocycles. The number of nitrogens with two attached hydrogens (primary N) is 1. The third kappa shape index (κ3) is 2.50. The Bertz CT molecular complexity index is 367. The molecule has 0 radical (unpaired) electrons. The van der Waals surface area contributed by atoms with Crippen LogP contribution in [0.2, 0.25) is 0 Å². The van der Waals surface area contributed by atoms with E-state index in [9.17, 15) is 13.2 Å². The fraction of sp³-hybridized carbons (Fsp3) is 0.455. The van der Waals surface area contributed by atoms with Crippen molar-refractivity contribution in [3.63, 3.8) is 0 Å². The van der Waals surface area contributed by atoms with Gasteiger partial charge in [-0.25, -0.2) is 13.2 Å². The average molecular weight is 217 g/mol. The molecule has 0 saturated heterocycles. The highest BCUT2D eigenvalue weighted by molar-refractivity contribution is 5.32. The minimum Gasteiger partial charge on any atom is -0.322 e. The van der Waals surface area contributed by atoms with Crippen LogP contribution in [0.4, 0.5) is 13.2 Å². The monoisotopic (exact) mass is 217 g/mol. The lowest BCUT2D eigenvalue weighted by atomic mass is 9.92. The van der Waals surface area contributed by atoms with Crippen molar-refractivity contribution in [2.24, 2.45) is 5.73 Å². The summed E-state index contributed by atoms with van der Waals surface area (Å²) in [4.78, 5) is 0. The van der Waals surface area contributed by atoms with Crippen LogP contribution in [0.3, 0.4) is 0 Å². The van der Waals surface area contributed by atoms with Crippen LogP contribution in [0.15, 0.2) is 12.1 Å². The van der Waals surface area contributed by atoms with Gasteiger partial charge in [0.2, 0.25) is 0 Å². The van der Waals surface area contributed by atoms with E-state index in [1.54, 1.807) is 0 Å². The van der Waals surface area contributed by atoms with Crippen molar-refractivity contribution in [3.8, 4) is 0 Å². The molecule has 0 heterocycles. The van der Waals surface area contributed by atoms with Gasteiger partial charge in [0.15, 0.2) is 11.6 Å². The molecule has 1 aromatic rings. The van der Waals surface area contributed by atoms with Crippen molar-refractivity contribution in [2.45, 2.75) is 32.5 Å². The topological polar surface area (TPSA) is 26.0 Å². The molecule has 0 saturated carbocycles. The van der Waals surface area contributed by atoms with Crippen LogP contribution in [0.25, 0.3) is 0 Å². The number of hydrogen-bond donors (Lipinski definition) is 1. The van der Waals surface area contributed by atoms with E-state index in [-0.39, 0.29) is 11.1 Å². The minimum atomic E-state index is -1.35. The van der Waals surface area contributed by atoms with E-state index in [2.05, 4.69) is 0 Å². The maximum Gasteiger partial charge on any atom is 0.163 e. The molecular formula is C11H14F3N. The first kappa shape index (κ1) is 12.0. The van der Waals surface area contributed by atoms with Gasteiger partial charge in [0.05, 0.1) is 0 Å². The molecule has 1 aromatic carbocycles. The molecule has 4 heteroatoms. The first-order chi connectivity index (χ1) is 6.73. The molecule has 0 spiro atoms. The summed E-state index contributed by atoms with van der Waals surface area (Å²) in [7, 11) is 0. The fourth-order valence-electron chi connectivity index (χ4n) is 1.31. The highest BCUT2D eigenvalue weighted by Crippen LogP contribution is 2.27. The Morgan fingerprint density at radius 2 is 1.80 bits per heavy atom. The van der Waals surface area contributed by atoms with Crippen LogP contribution in [-0.2, 0) is 5.54 Å². The molecule has 1 rings (SSSR count). The minimum absolute atomic E-state index is 0.0120. The average Bonchev–Trinajstić information content (AvgIpc) is 2.06. The highest BCUT2D eigenvalue weighted by atomic mass is 19.2. The largest absolute Gasteiger partial charge is 0.322 e. The van der Waals surface area contributed by atoms with Crippen molar-refractivity contribution in [1.82, 2.24) is 0 Å². The molecule has 2 N–H and O–H groups in total. The molecule has 0 aliphatic rings. The van der Waals surface area contributed by atoms with Crippen molar-refractivity contribution in [1.29, 1.82) is 0 Å². The predicted octanol–water partition coefficient (Wildman–Crippen LogP) is 3.19. The van der Waals surface area contributed by atoms with Gasteiger partial charge in [0.1, 0.15) is 6.17 Å². The van der Waals surface area contributed by atoms with E-state index in [1.807, 2.05) is 0 Å². The van der Waals surface area contributed by atoms with Gasteiger partial charge in [-0.3, -0.25) is 0 Å². The fourth-order valence-corrected chi connectivity index (χ4v) is 1.31. The van der Waals surface area contributed by atoms with Crippen LogP contribution in [0.1, 0.15) is 38.1 Å². The Balaban J connectivity index is 3.38. The lowest BCUT2D eigenvalue weighted by molar-refractivity contribution is 0.368. The molecule has 0 amide bonds. The number of hydrogen-bond acceptors (Lipinski definition) is 1. The third-order valence-electron chi connectivity index (χ3n) is 2.20. The standard InChI is InChI=1S/C11H14F3N/c1-6(12)7-4-8(11(2,3)15)10(14)9(13)5-7/h4-6H,15H2,1-3H3. The van der Waals surface area contributed by atoms with Gasteiger partial charge in [-0.05, 0) is 38.5 Å². The summed E-state index contributed by atoms with van der Waals surface area (Å²) in [6.07, 6.45) is -1.35. The molecule has 15 heavy (non-hydrogen) atoms. The lowest BCUT2D eigenvalue weighted by Gasteiger charge is -2.21. The molecule has 1 nitrogen and oxygen atoms in total. The number of halogens is 3. The zero-order valence-corrected chi connectivity index (χ0v) is 8.94. The molecule has 0 bridgehead atoms. The van der Waals surface area contributed by atoms with Crippen LogP contribution < -0.4 is 5.73 Å². The third-order valence-corrected chi connectivity index (χ3v) is 2.20. The van der Waals surface area contributed by atoms with Gasteiger partial charge < -0.3 is 5.73 Å². The first-order valence-electron chi connectivity index (χ1n) is 4.66. The second-order valence-electron chi connectivity index (χ2n) is 4.20. The van der Waals surface area contributed by atoms with Gasteiger partial charge in [-0.1, -0.05) is 0 Å². The predicted molar refractivity (Wildman–Crippen MR) is 53.1 cm³/mol. The summed E-state index contributed by atoms with van der Waals surface area (Å²) in [5.74, 6) is -2.07. The van der Waals surface area contributed by atoms with Gasteiger partial charge >= 0.3 is 0 Å². The van der Waals surface area contributed by atoms with Crippen molar-refractivity contribution in [2.75, 3.05) is 0 Å². The number of rotatable bonds is 2. The van der Waals surface area contributed by atoms with Crippen LogP contribution >= 0.6 is 0 Å². The van der Waals surface area contributed by atoms with Crippen molar-refractivity contribution >= 4 is 0 Å². The second kappa shape index (κ2) is 3.85. The normalized spacial score (nSPS) is 14.1. The summed E-state index contributed by atoms with van der Waals surface area (Å²) in [6, 6.07) is 2.12. The zero-order chi connectivity index (χ0) is 11.8. The zero-order valence-electron chi connectivity index (χ0n) is 8.94. The summed E-state index contributed by atoms with van der Waals surface area (Å²) in [5.41, 5.74) is 4.72. The quantitative estimate of drug-likeness (QED) is 0.808. The van der Waals surface area contributed by atoms with E-state index in [0.717, 1.165) is 6.07 Å². The van der Waals surface area contributed by atoms with Crippen LogP contribution in [0, 0.1) is 11.6 Å². The molecule has 1 unspecified atom stereocenters. The maximum absolute atomic E-state index is 13.4. The molecule has 84 valence electrons. The van der Waals surface area contributed by atoms with Gasteiger partial charge in [-0.2, -0.15) is 0 Å². The highest BCUT2D eigenvalue weighted by Gasteiger charge is 2.23. The summed E-state index contributed by atoms with van der Waals surface area (Å²) in [6.45, 7) is 4.34. The van der Waals surface area contributed by atoms with Crippen LogP contribution in [-0.4, -0.2) is 0 Å². The molecule has 0 aliphatic heterocycles. The van der Waals surface area contributed by atoms with E-state index in [1.165, 1.54) is 26.8 Å². The maximum atomic E-state index is 13.4. The summed E-state index contributed by atoms with van der Waals surface area (Å²) >= 11 is 0. The molecule has 1 atom stereocenters. The summed E-state index contributed by atoms with van der Waals surface area (Å²) < 4.78 is 39.5. The van der Waals surface area contributed by atoms with Gasteiger partial charge in [0.25, 0.3) is 0 Å². The SMILES string of the molecule is CC(F)c1cc(F)c(F)c(C(C)(C)N)c1. The Hall–Kier alpha value is -1.03. The molecule has 0 fully saturated rings.